The maximum Gasteiger partial charge on any atom is 0.125 e. The quantitative estimate of drug-likeness (QED) is 0.661. The van der Waals surface area contributed by atoms with E-state index in [0.717, 1.165) is 12.8 Å². The molecule has 0 heterocycles. The largest absolute Gasteiger partial charge is 0.325 e. The van der Waals surface area contributed by atoms with Gasteiger partial charge >= 0.3 is 0 Å². The van der Waals surface area contributed by atoms with Crippen LogP contribution in [0.5, 0.6) is 0 Å². The fourth-order valence-corrected chi connectivity index (χ4v) is 2.22. The van der Waals surface area contributed by atoms with Crippen molar-refractivity contribution < 1.29 is 4.39 Å². The van der Waals surface area contributed by atoms with Crippen molar-refractivity contribution in [2.75, 3.05) is 0 Å². The van der Waals surface area contributed by atoms with Crippen LogP contribution < -0.4 is 5.73 Å². The number of rotatable bonds is 2. The lowest BCUT2D eigenvalue weighted by molar-refractivity contribution is 0.0672. The monoisotopic (exact) mass is 187 g/mol. The lowest BCUT2D eigenvalue weighted by Crippen LogP contribution is -2.45. The van der Waals surface area contributed by atoms with E-state index in [4.69, 9.17) is 5.73 Å². The smallest absolute Gasteiger partial charge is 0.125 e. The predicted octanol–water partition coefficient (Wildman–Crippen LogP) is 3.03. The number of hydrogen-bond donors (Lipinski definition) is 1. The zero-order valence-electron chi connectivity index (χ0n) is 8.85. The number of alkyl halides is 1. The van der Waals surface area contributed by atoms with Crippen molar-refractivity contribution in [3.05, 3.63) is 0 Å². The van der Waals surface area contributed by atoms with Gasteiger partial charge in [-0.3, -0.25) is 0 Å². The molecule has 0 aromatic carbocycles. The fourth-order valence-electron chi connectivity index (χ4n) is 2.22. The minimum atomic E-state index is -1.16. The third kappa shape index (κ3) is 2.67. The van der Waals surface area contributed by atoms with Crippen LogP contribution in [0.25, 0.3) is 0 Å². The average molecular weight is 187 g/mol. The van der Waals surface area contributed by atoms with Crippen molar-refractivity contribution in [1.29, 1.82) is 0 Å². The molecular weight excluding hydrogens is 165 g/mol. The lowest BCUT2D eigenvalue weighted by Gasteiger charge is -2.33. The number of hydrogen-bond acceptors (Lipinski definition) is 1. The topological polar surface area (TPSA) is 26.0 Å². The Bertz CT molecular complexity index is 146. The molecule has 1 aliphatic carbocycles. The van der Waals surface area contributed by atoms with E-state index in [1.807, 2.05) is 0 Å². The van der Waals surface area contributed by atoms with Crippen LogP contribution in [0.3, 0.4) is 0 Å². The second-order valence-corrected chi connectivity index (χ2v) is 4.63. The highest BCUT2D eigenvalue weighted by atomic mass is 19.1. The lowest BCUT2D eigenvalue weighted by atomic mass is 9.81. The highest BCUT2D eigenvalue weighted by Crippen LogP contribution is 2.35. The van der Waals surface area contributed by atoms with E-state index >= 15 is 0 Å². The molecule has 1 nitrogen and oxygen atoms in total. The van der Waals surface area contributed by atoms with Gasteiger partial charge in [-0.15, -0.1) is 0 Å². The summed E-state index contributed by atoms with van der Waals surface area (Å²) in [5.74, 6) is 0.190. The van der Waals surface area contributed by atoms with Gasteiger partial charge in [0.2, 0.25) is 0 Å². The predicted molar refractivity (Wildman–Crippen MR) is 54.4 cm³/mol. The Morgan fingerprint density at radius 1 is 1.23 bits per heavy atom. The van der Waals surface area contributed by atoms with E-state index in [1.165, 1.54) is 25.7 Å². The highest BCUT2D eigenvalue weighted by molar-refractivity contribution is 4.90. The first-order valence-electron chi connectivity index (χ1n) is 5.49. The van der Waals surface area contributed by atoms with E-state index in [1.54, 1.807) is 13.8 Å². The molecule has 2 heteroatoms. The fraction of sp³-hybridized carbons (Fsp3) is 1.00. The summed E-state index contributed by atoms with van der Waals surface area (Å²) in [5.41, 5.74) is 4.51. The van der Waals surface area contributed by atoms with Gasteiger partial charge in [0.1, 0.15) is 5.67 Å². The van der Waals surface area contributed by atoms with Crippen LogP contribution in [0, 0.1) is 5.92 Å². The zero-order chi connectivity index (χ0) is 9.90. The standard InChI is InChI=1S/C11H22FN/c1-9(13)11(2,12)10-7-5-3-4-6-8-10/h9-10H,3-8,13H2,1-2H3. The van der Waals surface area contributed by atoms with E-state index in [2.05, 4.69) is 0 Å². The third-order valence-electron chi connectivity index (χ3n) is 3.54. The van der Waals surface area contributed by atoms with Crippen molar-refractivity contribution in [1.82, 2.24) is 0 Å². The van der Waals surface area contributed by atoms with Crippen molar-refractivity contribution >= 4 is 0 Å². The molecule has 13 heavy (non-hydrogen) atoms. The van der Waals surface area contributed by atoms with E-state index < -0.39 is 5.67 Å². The molecule has 1 fully saturated rings. The number of nitrogens with two attached hydrogens (primary N) is 1. The van der Waals surface area contributed by atoms with Gasteiger partial charge in [0.15, 0.2) is 0 Å². The normalized spacial score (nSPS) is 27.7. The highest BCUT2D eigenvalue weighted by Gasteiger charge is 2.37. The van der Waals surface area contributed by atoms with Gasteiger partial charge in [0, 0.05) is 6.04 Å². The maximum absolute atomic E-state index is 14.2. The molecule has 0 aromatic heterocycles. The van der Waals surface area contributed by atoms with E-state index in [9.17, 15) is 4.39 Å². The van der Waals surface area contributed by atoms with Crippen molar-refractivity contribution in [2.24, 2.45) is 11.7 Å². The molecule has 0 spiro atoms. The Balaban J connectivity index is 2.57. The molecule has 2 unspecified atom stereocenters. The van der Waals surface area contributed by atoms with Crippen LogP contribution in [0.1, 0.15) is 52.4 Å². The minimum absolute atomic E-state index is 0.190. The number of halogens is 1. The molecule has 1 saturated carbocycles. The van der Waals surface area contributed by atoms with Gasteiger partial charge in [-0.05, 0) is 32.6 Å². The first kappa shape index (κ1) is 11.0. The molecule has 0 radical (unpaired) electrons. The van der Waals surface area contributed by atoms with Gasteiger partial charge in [-0.1, -0.05) is 25.7 Å². The van der Waals surface area contributed by atoms with Crippen molar-refractivity contribution in [3.63, 3.8) is 0 Å². The van der Waals surface area contributed by atoms with Gasteiger partial charge in [0.25, 0.3) is 0 Å². The summed E-state index contributed by atoms with van der Waals surface area (Å²) in [4.78, 5) is 0. The molecule has 2 atom stereocenters. The molecule has 1 rings (SSSR count). The van der Waals surface area contributed by atoms with Gasteiger partial charge in [0.05, 0.1) is 0 Å². The van der Waals surface area contributed by atoms with E-state index in [-0.39, 0.29) is 12.0 Å². The van der Waals surface area contributed by atoms with Crippen LogP contribution in [-0.4, -0.2) is 11.7 Å². The first-order chi connectivity index (χ1) is 6.05. The van der Waals surface area contributed by atoms with Crippen LogP contribution in [0.2, 0.25) is 0 Å². The van der Waals surface area contributed by atoms with Crippen molar-refractivity contribution in [2.45, 2.75) is 64.1 Å². The Kier molecular flexibility index (Phi) is 3.72. The summed E-state index contributed by atoms with van der Waals surface area (Å²) in [6, 6.07) is -0.337. The molecule has 0 aromatic rings. The van der Waals surface area contributed by atoms with Crippen LogP contribution in [-0.2, 0) is 0 Å². The summed E-state index contributed by atoms with van der Waals surface area (Å²) < 4.78 is 14.2. The summed E-state index contributed by atoms with van der Waals surface area (Å²) in [6.07, 6.45) is 6.94. The molecule has 2 N–H and O–H groups in total. The Labute approximate surface area is 80.9 Å². The summed E-state index contributed by atoms with van der Waals surface area (Å²) in [5, 5.41) is 0. The summed E-state index contributed by atoms with van der Waals surface area (Å²) in [6.45, 7) is 3.46. The molecule has 0 amide bonds. The molecule has 78 valence electrons. The van der Waals surface area contributed by atoms with Gasteiger partial charge < -0.3 is 5.73 Å². The zero-order valence-corrected chi connectivity index (χ0v) is 8.85. The summed E-state index contributed by atoms with van der Waals surface area (Å²) in [7, 11) is 0. The minimum Gasteiger partial charge on any atom is -0.325 e. The first-order valence-corrected chi connectivity index (χ1v) is 5.49. The second kappa shape index (κ2) is 4.41. The molecule has 0 bridgehead atoms. The van der Waals surface area contributed by atoms with Crippen LogP contribution >= 0.6 is 0 Å². The van der Waals surface area contributed by atoms with Crippen LogP contribution in [0.15, 0.2) is 0 Å². The van der Waals surface area contributed by atoms with Crippen molar-refractivity contribution in [3.8, 4) is 0 Å². The van der Waals surface area contributed by atoms with Crippen LogP contribution in [0.4, 0.5) is 4.39 Å². The molecule has 0 aliphatic heterocycles. The van der Waals surface area contributed by atoms with Gasteiger partial charge in [-0.2, -0.15) is 0 Å². The summed E-state index contributed by atoms with van der Waals surface area (Å²) >= 11 is 0. The Hall–Kier alpha value is -0.110. The second-order valence-electron chi connectivity index (χ2n) is 4.63. The SMILES string of the molecule is CC(N)C(C)(F)C1CCCCCC1. The van der Waals surface area contributed by atoms with E-state index in [0.29, 0.717) is 0 Å². The third-order valence-corrected chi connectivity index (χ3v) is 3.54. The molecular formula is C11H22FN. The maximum atomic E-state index is 14.2. The average Bonchev–Trinajstić information content (AvgIpc) is 2.31. The Morgan fingerprint density at radius 3 is 2.08 bits per heavy atom. The van der Waals surface area contributed by atoms with Gasteiger partial charge in [-0.25, -0.2) is 4.39 Å². The Morgan fingerprint density at radius 2 is 1.69 bits per heavy atom. The molecule has 0 saturated heterocycles. The molecule has 1 aliphatic rings.